The Kier molecular flexibility index (Phi) is 7.77. The van der Waals surface area contributed by atoms with Crippen LogP contribution in [0, 0.1) is 6.92 Å². The summed E-state index contributed by atoms with van der Waals surface area (Å²) in [5.74, 6) is 1.94. The molecule has 2 amide bonds. The number of anilines is 1. The SMILES string of the molecule is Cc1cc(-n2nc(C(C)(C)C)cc2NC(=O)NCc2ccccc2Sc2ccc3nnc(C(C)C)n3c2)ccc1O. The third kappa shape index (κ3) is 6.22. The molecule has 0 bridgehead atoms. The highest BCUT2D eigenvalue weighted by atomic mass is 32.2. The van der Waals surface area contributed by atoms with Crippen LogP contribution in [-0.2, 0) is 12.0 Å². The average molecular weight is 570 g/mol. The largest absolute Gasteiger partial charge is 0.508 e. The van der Waals surface area contributed by atoms with Crippen molar-refractivity contribution in [1.82, 2.24) is 29.7 Å². The quantitative estimate of drug-likeness (QED) is 0.198. The Morgan fingerprint density at radius 2 is 1.83 bits per heavy atom. The number of hydrogen-bond donors (Lipinski definition) is 3. The zero-order valence-electron chi connectivity index (χ0n) is 24.1. The third-order valence-electron chi connectivity index (χ3n) is 6.70. The number of phenols is 1. The molecule has 9 nitrogen and oxygen atoms in total. The number of aromatic nitrogens is 5. The predicted molar refractivity (Wildman–Crippen MR) is 162 cm³/mol. The Hall–Kier alpha value is -4.31. The van der Waals surface area contributed by atoms with Gasteiger partial charge in [-0.05, 0) is 54.4 Å². The number of rotatable bonds is 7. The lowest BCUT2D eigenvalue weighted by Gasteiger charge is -2.14. The van der Waals surface area contributed by atoms with Gasteiger partial charge in [0.2, 0.25) is 0 Å². The molecule has 3 N–H and O–H groups in total. The molecule has 0 aliphatic heterocycles. The Bertz CT molecular complexity index is 1720. The van der Waals surface area contributed by atoms with Crippen LogP contribution >= 0.6 is 11.8 Å². The lowest BCUT2D eigenvalue weighted by Crippen LogP contribution is -2.29. The molecule has 2 aromatic carbocycles. The smallest absolute Gasteiger partial charge is 0.320 e. The number of urea groups is 1. The number of amides is 2. The van der Waals surface area contributed by atoms with Crippen LogP contribution in [-0.4, -0.2) is 35.5 Å². The van der Waals surface area contributed by atoms with Crippen molar-refractivity contribution in [3.8, 4) is 11.4 Å². The van der Waals surface area contributed by atoms with E-state index in [4.69, 9.17) is 5.10 Å². The summed E-state index contributed by atoms with van der Waals surface area (Å²) < 4.78 is 3.73. The van der Waals surface area contributed by atoms with Crippen molar-refractivity contribution < 1.29 is 9.90 Å². The van der Waals surface area contributed by atoms with E-state index in [-0.39, 0.29) is 23.1 Å². The highest BCUT2D eigenvalue weighted by molar-refractivity contribution is 7.99. The van der Waals surface area contributed by atoms with E-state index in [0.29, 0.717) is 12.4 Å². The fourth-order valence-corrected chi connectivity index (χ4v) is 5.33. The van der Waals surface area contributed by atoms with Crippen LogP contribution in [0.25, 0.3) is 11.3 Å². The first-order chi connectivity index (χ1) is 19.5. The standard InChI is InChI=1S/C31H35N7O2S/c1-19(2)29-35-34-27-14-12-23(18-37(27)29)41-25-10-8-7-9-21(25)17-32-30(40)33-28-16-26(31(4,5)6)36-38(28)22-11-13-24(39)20(3)15-22/h7-16,18-19,39H,17H2,1-6H3,(H2,32,33,40). The molecule has 0 saturated carbocycles. The summed E-state index contributed by atoms with van der Waals surface area (Å²) in [6.45, 7) is 12.6. The highest BCUT2D eigenvalue weighted by Crippen LogP contribution is 2.32. The van der Waals surface area contributed by atoms with Crippen molar-refractivity contribution in [1.29, 1.82) is 0 Å². The maximum absolute atomic E-state index is 13.1. The maximum Gasteiger partial charge on any atom is 0.320 e. The third-order valence-corrected chi connectivity index (χ3v) is 7.80. The summed E-state index contributed by atoms with van der Waals surface area (Å²) in [6, 6.07) is 18.8. The van der Waals surface area contributed by atoms with Gasteiger partial charge in [-0.25, -0.2) is 9.48 Å². The van der Waals surface area contributed by atoms with Crippen molar-refractivity contribution in [2.24, 2.45) is 0 Å². The van der Waals surface area contributed by atoms with Crippen LogP contribution in [0.1, 0.15) is 63.2 Å². The van der Waals surface area contributed by atoms with Gasteiger partial charge in [0.05, 0.1) is 11.4 Å². The van der Waals surface area contributed by atoms with Gasteiger partial charge < -0.3 is 10.4 Å². The van der Waals surface area contributed by atoms with Crippen LogP contribution < -0.4 is 10.6 Å². The minimum absolute atomic E-state index is 0.211. The molecule has 5 rings (SSSR count). The summed E-state index contributed by atoms with van der Waals surface area (Å²) in [7, 11) is 0. The van der Waals surface area contributed by atoms with E-state index in [1.807, 2.05) is 53.8 Å². The first kappa shape index (κ1) is 28.2. The number of benzene rings is 2. The van der Waals surface area contributed by atoms with Gasteiger partial charge in [0.25, 0.3) is 0 Å². The molecule has 0 radical (unpaired) electrons. The Morgan fingerprint density at radius 1 is 1.05 bits per heavy atom. The van der Waals surface area contributed by atoms with Gasteiger partial charge in [-0.1, -0.05) is 64.6 Å². The molecule has 5 aromatic rings. The van der Waals surface area contributed by atoms with Gasteiger partial charge in [0.1, 0.15) is 17.4 Å². The number of fused-ring (bicyclic) bond motifs is 1. The summed E-state index contributed by atoms with van der Waals surface area (Å²) in [4.78, 5) is 15.2. The Morgan fingerprint density at radius 3 is 2.56 bits per heavy atom. The zero-order chi connectivity index (χ0) is 29.3. The van der Waals surface area contributed by atoms with Crippen molar-refractivity contribution in [2.45, 2.75) is 69.2 Å². The fraction of sp³-hybridized carbons (Fsp3) is 0.290. The number of nitrogens with one attached hydrogen (secondary N) is 2. The molecule has 0 saturated heterocycles. The number of aromatic hydroxyl groups is 1. The summed E-state index contributed by atoms with van der Waals surface area (Å²) in [5.41, 5.74) is 3.92. The minimum Gasteiger partial charge on any atom is -0.508 e. The lowest BCUT2D eigenvalue weighted by molar-refractivity contribution is 0.251. The number of hydrogen-bond acceptors (Lipinski definition) is 6. The van der Waals surface area contributed by atoms with Gasteiger partial charge >= 0.3 is 6.03 Å². The highest BCUT2D eigenvalue weighted by Gasteiger charge is 2.22. The predicted octanol–water partition coefficient (Wildman–Crippen LogP) is 6.82. The fourth-order valence-electron chi connectivity index (χ4n) is 4.36. The number of carbonyl (C=O) groups excluding carboxylic acids is 1. The van der Waals surface area contributed by atoms with Crippen molar-refractivity contribution in [2.75, 3.05) is 5.32 Å². The van der Waals surface area contributed by atoms with E-state index in [9.17, 15) is 9.90 Å². The molecular weight excluding hydrogens is 534 g/mol. The molecule has 41 heavy (non-hydrogen) atoms. The number of pyridine rings is 1. The molecule has 0 spiro atoms. The molecule has 212 valence electrons. The van der Waals surface area contributed by atoms with E-state index < -0.39 is 0 Å². The minimum atomic E-state index is -0.339. The molecule has 0 aliphatic rings. The maximum atomic E-state index is 13.1. The molecule has 3 aromatic heterocycles. The Balaban J connectivity index is 1.33. The molecule has 0 atom stereocenters. The number of aryl methyl sites for hydroxylation is 1. The van der Waals surface area contributed by atoms with E-state index in [1.165, 1.54) is 0 Å². The molecule has 0 fully saturated rings. The summed E-state index contributed by atoms with van der Waals surface area (Å²) in [6.07, 6.45) is 2.06. The van der Waals surface area contributed by atoms with Gasteiger partial charge in [-0.3, -0.25) is 9.72 Å². The van der Waals surface area contributed by atoms with Crippen molar-refractivity contribution >= 4 is 29.3 Å². The first-order valence-electron chi connectivity index (χ1n) is 13.6. The molecule has 10 heteroatoms. The second-order valence-electron chi connectivity index (χ2n) is 11.4. The van der Waals surface area contributed by atoms with Crippen LogP contribution in [0.15, 0.2) is 76.7 Å². The van der Waals surface area contributed by atoms with E-state index >= 15 is 0 Å². The van der Waals surface area contributed by atoms with Crippen LogP contribution in [0.5, 0.6) is 5.75 Å². The normalized spacial score (nSPS) is 11.8. The number of carbonyl (C=O) groups is 1. The molecule has 0 aliphatic carbocycles. The van der Waals surface area contributed by atoms with Gasteiger partial charge in [0, 0.05) is 39.9 Å². The van der Waals surface area contributed by atoms with E-state index in [0.717, 1.165) is 43.8 Å². The summed E-state index contributed by atoms with van der Waals surface area (Å²) in [5, 5.41) is 29.3. The second kappa shape index (κ2) is 11.3. The Labute approximate surface area is 244 Å². The van der Waals surface area contributed by atoms with Crippen LogP contribution in [0.2, 0.25) is 0 Å². The first-order valence-corrected chi connectivity index (χ1v) is 14.4. The van der Waals surface area contributed by atoms with Crippen LogP contribution in [0.4, 0.5) is 10.6 Å². The average Bonchev–Trinajstić information content (AvgIpc) is 3.54. The van der Waals surface area contributed by atoms with Crippen molar-refractivity contribution in [3.05, 3.63) is 89.5 Å². The van der Waals surface area contributed by atoms with Gasteiger partial charge in [0.15, 0.2) is 5.65 Å². The topological polar surface area (TPSA) is 109 Å². The van der Waals surface area contributed by atoms with E-state index in [2.05, 4.69) is 67.7 Å². The number of nitrogens with zero attached hydrogens (tertiary/aromatic N) is 5. The summed E-state index contributed by atoms with van der Waals surface area (Å²) >= 11 is 1.63. The molecule has 0 unspecified atom stereocenters. The van der Waals surface area contributed by atoms with Gasteiger partial charge in [-0.15, -0.1) is 10.2 Å². The number of phenolic OH excluding ortho intramolecular Hbond substituents is 1. The molecule has 3 heterocycles. The zero-order valence-corrected chi connectivity index (χ0v) is 25.0. The van der Waals surface area contributed by atoms with Crippen LogP contribution in [0.3, 0.4) is 0 Å². The molecular formula is C31H35N7O2S. The second-order valence-corrected chi connectivity index (χ2v) is 12.5. The lowest BCUT2D eigenvalue weighted by atomic mass is 9.92. The van der Waals surface area contributed by atoms with Crippen molar-refractivity contribution in [3.63, 3.8) is 0 Å². The van der Waals surface area contributed by atoms with Gasteiger partial charge in [-0.2, -0.15) is 5.10 Å². The monoisotopic (exact) mass is 569 g/mol. The van der Waals surface area contributed by atoms with E-state index in [1.54, 1.807) is 28.6 Å².